The van der Waals surface area contributed by atoms with Crippen molar-refractivity contribution in [2.24, 2.45) is 0 Å². The van der Waals surface area contributed by atoms with Gasteiger partial charge in [0.05, 0.1) is 11.1 Å². The highest BCUT2D eigenvalue weighted by atomic mass is 35.5. The zero-order valence-electron chi connectivity index (χ0n) is 8.62. The zero-order valence-corrected chi connectivity index (χ0v) is 9.38. The molecule has 7 heteroatoms. The number of alkyl halides is 3. The second-order valence-corrected chi connectivity index (χ2v) is 3.96. The smallest absolute Gasteiger partial charge is 0.418 e. The lowest BCUT2D eigenvalue weighted by atomic mass is 10.1. The molecule has 0 atom stereocenters. The highest BCUT2D eigenvalue weighted by Crippen LogP contribution is 2.36. The van der Waals surface area contributed by atoms with Crippen molar-refractivity contribution in [3.8, 4) is 0 Å². The summed E-state index contributed by atoms with van der Waals surface area (Å²) in [6, 6.07) is 4.39. The third-order valence-electron chi connectivity index (χ3n) is 2.28. The number of rotatable bonds is 1. The fraction of sp³-hybridized carbons (Fsp3) is 0.0909. The molecule has 2 rings (SSSR count). The van der Waals surface area contributed by atoms with Gasteiger partial charge < -0.3 is 5.11 Å². The molecule has 0 unspecified atom stereocenters. The van der Waals surface area contributed by atoms with Crippen molar-refractivity contribution in [3.63, 3.8) is 0 Å². The maximum Gasteiger partial charge on any atom is 0.418 e. The van der Waals surface area contributed by atoms with Gasteiger partial charge in [-0.2, -0.15) is 13.2 Å². The van der Waals surface area contributed by atoms with Crippen molar-refractivity contribution < 1.29 is 23.1 Å². The molecule has 0 aliphatic heterocycles. The van der Waals surface area contributed by atoms with E-state index in [1.807, 2.05) is 0 Å². The van der Waals surface area contributed by atoms with Crippen LogP contribution in [0.15, 0.2) is 24.3 Å². The van der Waals surface area contributed by atoms with E-state index in [2.05, 4.69) is 4.98 Å². The summed E-state index contributed by atoms with van der Waals surface area (Å²) >= 11 is 5.59. The van der Waals surface area contributed by atoms with Crippen molar-refractivity contribution in [1.82, 2.24) is 4.98 Å². The molecule has 1 heterocycles. The molecule has 18 heavy (non-hydrogen) atoms. The van der Waals surface area contributed by atoms with Crippen LogP contribution in [-0.4, -0.2) is 16.1 Å². The number of fused-ring (bicyclic) bond motifs is 1. The van der Waals surface area contributed by atoms with Crippen LogP contribution in [0.5, 0.6) is 0 Å². The van der Waals surface area contributed by atoms with Crippen LogP contribution < -0.4 is 0 Å². The van der Waals surface area contributed by atoms with Crippen LogP contribution in [0, 0.1) is 0 Å². The average Bonchev–Trinajstić information content (AvgIpc) is 2.25. The first-order chi connectivity index (χ1) is 8.29. The number of aromatic carboxylic acids is 1. The first kappa shape index (κ1) is 12.6. The first-order valence-corrected chi connectivity index (χ1v) is 5.07. The highest BCUT2D eigenvalue weighted by Gasteiger charge is 2.34. The third kappa shape index (κ3) is 2.24. The minimum Gasteiger partial charge on any atom is -0.477 e. The number of benzene rings is 1. The van der Waals surface area contributed by atoms with Gasteiger partial charge in [-0.15, -0.1) is 0 Å². The van der Waals surface area contributed by atoms with Gasteiger partial charge in [-0.05, 0) is 18.2 Å². The summed E-state index contributed by atoms with van der Waals surface area (Å²) in [7, 11) is 0. The van der Waals surface area contributed by atoms with E-state index < -0.39 is 28.9 Å². The molecule has 1 aromatic carbocycles. The standard InChI is InChI=1S/C11H5ClF3NO2/c12-6-3-5-1-2-8(10(17)18)16-9(5)7(4-6)11(13,14)15/h1-4H,(H,17,18). The largest absolute Gasteiger partial charge is 0.477 e. The molecule has 0 spiro atoms. The summed E-state index contributed by atoms with van der Waals surface area (Å²) in [4.78, 5) is 14.2. The lowest BCUT2D eigenvalue weighted by molar-refractivity contribution is -0.136. The summed E-state index contributed by atoms with van der Waals surface area (Å²) in [6.07, 6.45) is -4.65. The predicted molar refractivity (Wildman–Crippen MR) is 58.7 cm³/mol. The molecule has 0 amide bonds. The van der Waals surface area contributed by atoms with E-state index in [1.165, 1.54) is 12.1 Å². The molecule has 1 N–H and O–H groups in total. The number of carboxylic acid groups (broad SMARTS) is 1. The summed E-state index contributed by atoms with van der Waals surface area (Å²) in [6.45, 7) is 0. The minimum absolute atomic E-state index is 0.0836. The van der Waals surface area contributed by atoms with Crippen LogP contribution in [0.3, 0.4) is 0 Å². The van der Waals surface area contributed by atoms with Crippen molar-refractivity contribution in [3.05, 3.63) is 40.5 Å². The summed E-state index contributed by atoms with van der Waals surface area (Å²) in [5, 5.41) is 8.78. The first-order valence-electron chi connectivity index (χ1n) is 4.70. The fourth-order valence-electron chi connectivity index (χ4n) is 1.53. The number of pyridine rings is 1. The molecule has 0 aliphatic rings. The molecule has 0 radical (unpaired) electrons. The Morgan fingerprint density at radius 3 is 2.50 bits per heavy atom. The van der Waals surface area contributed by atoms with Crippen molar-refractivity contribution in [2.45, 2.75) is 6.18 Å². The lowest BCUT2D eigenvalue weighted by Gasteiger charge is -2.10. The van der Waals surface area contributed by atoms with Gasteiger partial charge in [-0.3, -0.25) is 0 Å². The maximum absolute atomic E-state index is 12.8. The van der Waals surface area contributed by atoms with Gasteiger partial charge in [0.2, 0.25) is 0 Å². The normalized spacial score (nSPS) is 11.8. The van der Waals surface area contributed by atoms with Gasteiger partial charge in [-0.1, -0.05) is 17.7 Å². The Morgan fingerprint density at radius 1 is 1.28 bits per heavy atom. The molecule has 2 aromatic rings. The topological polar surface area (TPSA) is 50.2 Å². The van der Waals surface area contributed by atoms with E-state index in [0.29, 0.717) is 0 Å². The second-order valence-electron chi connectivity index (χ2n) is 3.52. The van der Waals surface area contributed by atoms with Crippen molar-refractivity contribution in [1.29, 1.82) is 0 Å². The molecule has 94 valence electrons. The van der Waals surface area contributed by atoms with Gasteiger partial charge in [0.15, 0.2) is 0 Å². The SMILES string of the molecule is O=C(O)c1ccc2cc(Cl)cc(C(F)(F)F)c2n1. The monoisotopic (exact) mass is 275 g/mol. The van der Waals surface area contributed by atoms with Crippen LogP contribution in [0.25, 0.3) is 10.9 Å². The molecule has 0 saturated carbocycles. The van der Waals surface area contributed by atoms with Gasteiger partial charge in [0, 0.05) is 10.4 Å². The molecule has 0 bridgehead atoms. The quantitative estimate of drug-likeness (QED) is 0.865. The van der Waals surface area contributed by atoms with E-state index in [1.54, 1.807) is 0 Å². The van der Waals surface area contributed by atoms with Crippen LogP contribution in [0.2, 0.25) is 5.02 Å². The second kappa shape index (κ2) is 4.13. The molecule has 3 nitrogen and oxygen atoms in total. The van der Waals surface area contributed by atoms with Crippen molar-refractivity contribution in [2.75, 3.05) is 0 Å². The molecular weight excluding hydrogens is 271 g/mol. The molecule has 0 saturated heterocycles. The molecule has 0 fully saturated rings. The number of aromatic nitrogens is 1. The number of hydrogen-bond acceptors (Lipinski definition) is 2. The van der Waals surface area contributed by atoms with E-state index in [9.17, 15) is 18.0 Å². The number of hydrogen-bond donors (Lipinski definition) is 1. The maximum atomic E-state index is 12.8. The van der Waals surface area contributed by atoms with E-state index >= 15 is 0 Å². The summed E-state index contributed by atoms with van der Waals surface area (Å²) < 4.78 is 38.4. The van der Waals surface area contributed by atoms with Gasteiger partial charge in [-0.25, -0.2) is 9.78 Å². The average molecular weight is 276 g/mol. The number of carboxylic acids is 1. The van der Waals surface area contributed by atoms with Crippen LogP contribution in [0.4, 0.5) is 13.2 Å². The van der Waals surface area contributed by atoms with Gasteiger partial charge in [0.25, 0.3) is 0 Å². The fourth-order valence-corrected chi connectivity index (χ4v) is 1.76. The van der Waals surface area contributed by atoms with Crippen LogP contribution in [0.1, 0.15) is 16.1 Å². The van der Waals surface area contributed by atoms with E-state index in [0.717, 1.165) is 12.1 Å². The van der Waals surface area contributed by atoms with Crippen LogP contribution in [-0.2, 0) is 6.18 Å². The van der Waals surface area contributed by atoms with E-state index in [-0.39, 0.29) is 10.4 Å². The number of halogens is 4. The van der Waals surface area contributed by atoms with Crippen LogP contribution >= 0.6 is 11.6 Å². The number of carbonyl (C=O) groups is 1. The highest BCUT2D eigenvalue weighted by molar-refractivity contribution is 6.31. The Balaban J connectivity index is 2.82. The Kier molecular flexibility index (Phi) is 2.90. The molecule has 0 aliphatic carbocycles. The Morgan fingerprint density at radius 2 is 1.94 bits per heavy atom. The van der Waals surface area contributed by atoms with Crippen molar-refractivity contribution >= 4 is 28.5 Å². The molecule has 1 aromatic heterocycles. The van der Waals surface area contributed by atoms with Gasteiger partial charge in [0.1, 0.15) is 5.69 Å². The van der Waals surface area contributed by atoms with Gasteiger partial charge >= 0.3 is 12.1 Å². The summed E-state index contributed by atoms with van der Waals surface area (Å²) in [5.74, 6) is -1.39. The molecular formula is C11H5ClF3NO2. The third-order valence-corrected chi connectivity index (χ3v) is 2.50. The summed E-state index contributed by atoms with van der Waals surface area (Å²) in [5.41, 5.74) is -1.92. The Labute approximate surface area is 104 Å². The Bertz CT molecular complexity index is 640. The number of nitrogens with zero attached hydrogens (tertiary/aromatic N) is 1. The zero-order chi connectivity index (χ0) is 13.5. The van der Waals surface area contributed by atoms with E-state index in [4.69, 9.17) is 16.7 Å². The minimum atomic E-state index is -4.65. The Hall–Kier alpha value is -1.82. The predicted octanol–water partition coefficient (Wildman–Crippen LogP) is 3.61. The lowest BCUT2D eigenvalue weighted by Crippen LogP contribution is -2.08.